The van der Waals surface area contributed by atoms with Gasteiger partial charge in [0.15, 0.2) is 6.04 Å². The Morgan fingerprint density at radius 3 is 1.89 bits per heavy atom. The second-order valence-corrected chi connectivity index (χ2v) is 11.2. The van der Waals surface area contributed by atoms with E-state index >= 15 is 0 Å². The number of carboxylic acid groups (broad SMARTS) is 1. The average Bonchev–Trinajstić information content (AvgIpc) is 3.80. The summed E-state index contributed by atoms with van der Waals surface area (Å²) in [5, 5.41) is 28.9. The number of nitrogens with one attached hydrogen (secondary N) is 6. The summed E-state index contributed by atoms with van der Waals surface area (Å²) in [4.78, 5) is 65.5. The number of aromatic amines is 3. The number of aliphatic hydroxyl groups excluding tert-OH is 1. The summed E-state index contributed by atoms with van der Waals surface area (Å²) in [7, 11) is 0. The molecule has 3 aromatic heterocycles. The predicted octanol–water partition coefficient (Wildman–Crippen LogP) is 0.647. The van der Waals surface area contributed by atoms with Crippen LogP contribution in [-0.4, -0.2) is 84.1 Å². The van der Waals surface area contributed by atoms with Crippen LogP contribution in [-0.2, 0) is 38.4 Å². The number of nitrogens with zero attached hydrogens (tertiary/aromatic N) is 1. The zero-order valence-electron chi connectivity index (χ0n) is 25.0. The van der Waals surface area contributed by atoms with Crippen molar-refractivity contribution in [3.8, 4) is 0 Å². The molecular formula is C32H36N8O6. The van der Waals surface area contributed by atoms with Crippen molar-refractivity contribution < 1.29 is 29.4 Å². The number of aromatic nitrogens is 4. The largest absolute Gasteiger partial charge is 0.480 e. The van der Waals surface area contributed by atoms with Crippen molar-refractivity contribution in [1.82, 2.24) is 35.9 Å². The molecule has 0 aliphatic rings. The fourth-order valence-electron chi connectivity index (χ4n) is 5.38. The number of para-hydroxylation sites is 2. The van der Waals surface area contributed by atoms with E-state index in [4.69, 9.17) is 5.73 Å². The van der Waals surface area contributed by atoms with Gasteiger partial charge in [-0.25, -0.2) is 9.78 Å². The molecule has 0 aliphatic heterocycles. The molecule has 0 bridgehead atoms. The SMILES string of the molecule is CC(O)C(NC(=O)C(Cc1cnc[nH]1)NC(=O)C(Cc1c[nH]c2ccccc12)NC(=O)C(N)Cc1c[nH]c2ccccc12)C(=O)O. The molecule has 5 rings (SSSR count). The van der Waals surface area contributed by atoms with Gasteiger partial charge in [-0.3, -0.25) is 14.4 Å². The molecule has 0 fully saturated rings. The zero-order chi connectivity index (χ0) is 32.8. The number of H-pyrrole nitrogens is 3. The highest BCUT2D eigenvalue weighted by atomic mass is 16.4. The quantitative estimate of drug-likeness (QED) is 0.0845. The Bertz CT molecular complexity index is 1830. The molecule has 14 heteroatoms. The van der Waals surface area contributed by atoms with E-state index in [1.807, 2.05) is 48.5 Å². The highest BCUT2D eigenvalue weighted by molar-refractivity contribution is 5.95. The molecule has 3 amide bonds. The van der Waals surface area contributed by atoms with Crippen LogP contribution in [0.3, 0.4) is 0 Å². The molecule has 0 radical (unpaired) electrons. The van der Waals surface area contributed by atoms with E-state index in [2.05, 4.69) is 35.9 Å². The number of imidazole rings is 1. The highest BCUT2D eigenvalue weighted by Crippen LogP contribution is 2.21. The average molecular weight is 629 g/mol. The number of aliphatic carboxylic acids is 1. The number of hydrogen-bond acceptors (Lipinski definition) is 7. The van der Waals surface area contributed by atoms with Crippen LogP contribution in [0, 0.1) is 0 Å². The van der Waals surface area contributed by atoms with Crippen molar-refractivity contribution in [3.63, 3.8) is 0 Å². The second kappa shape index (κ2) is 14.1. The molecular weight excluding hydrogens is 592 g/mol. The number of carbonyl (C=O) groups is 4. The maximum Gasteiger partial charge on any atom is 0.328 e. The van der Waals surface area contributed by atoms with E-state index in [0.29, 0.717) is 5.69 Å². The Morgan fingerprint density at radius 1 is 0.783 bits per heavy atom. The van der Waals surface area contributed by atoms with Gasteiger partial charge >= 0.3 is 5.97 Å². The Hall–Kier alpha value is -5.47. The van der Waals surface area contributed by atoms with Crippen molar-refractivity contribution >= 4 is 45.5 Å². The molecule has 3 heterocycles. The van der Waals surface area contributed by atoms with Gasteiger partial charge in [-0.2, -0.15) is 0 Å². The number of rotatable bonds is 14. The number of amides is 3. The Labute approximate surface area is 263 Å². The Kier molecular flexibility index (Phi) is 9.79. The number of fused-ring (bicyclic) bond motifs is 2. The summed E-state index contributed by atoms with van der Waals surface area (Å²) in [5.74, 6) is -3.55. The third-order valence-electron chi connectivity index (χ3n) is 7.84. The fourth-order valence-corrected chi connectivity index (χ4v) is 5.38. The molecule has 5 aromatic rings. The standard InChI is InChI=1S/C32H36N8O6/c1-17(41)28(32(45)46)40-31(44)27(12-20-15-34-16-37-20)39-30(43)26(11-19-14-36-25-9-5-3-7-22(19)25)38-29(42)23(33)10-18-13-35-24-8-4-2-6-21(18)24/h2-9,13-17,23,26-28,35-36,41H,10-12,33H2,1H3,(H,34,37)(H,38,42)(H,39,43)(H,40,44)(H,45,46). The number of aliphatic hydroxyl groups is 1. The minimum Gasteiger partial charge on any atom is -0.480 e. The molecule has 5 unspecified atom stereocenters. The van der Waals surface area contributed by atoms with Gasteiger partial charge in [0.1, 0.15) is 12.1 Å². The van der Waals surface area contributed by atoms with Crippen LogP contribution in [0.15, 0.2) is 73.4 Å². The second-order valence-electron chi connectivity index (χ2n) is 11.2. The molecule has 0 spiro atoms. The molecule has 10 N–H and O–H groups in total. The smallest absolute Gasteiger partial charge is 0.328 e. The molecule has 0 aliphatic carbocycles. The topological polar surface area (TPSA) is 231 Å². The minimum atomic E-state index is -1.61. The maximum atomic E-state index is 13.9. The van der Waals surface area contributed by atoms with Gasteiger partial charge < -0.3 is 46.8 Å². The zero-order valence-corrected chi connectivity index (χ0v) is 25.0. The molecule has 5 atom stereocenters. The van der Waals surface area contributed by atoms with E-state index in [0.717, 1.165) is 32.9 Å². The minimum absolute atomic E-state index is 0.0607. The molecule has 2 aromatic carbocycles. The summed E-state index contributed by atoms with van der Waals surface area (Å²) in [5.41, 5.74) is 10.2. The van der Waals surface area contributed by atoms with E-state index in [9.17, 15) is 29.4 Å². The lowest BCUT2D eigenvalue weighted by Crippen LogP contribution is -2.59. The third kappa shape index (κ3) is 7.42. The van der Waals surface area contributed by atoms with Gasteiger partial charge in [-0.05, 0) is 36.6 Å². The van der Waals surface area contributed by atoms with Gasteiger partial charge in [-0.15, -0.1) is 0 Å². The van der Waals surface area contributed by atoms with Gasteiger partial charge in [0.25, 0.3) is 0 Å². The lowest BCUT2D eigenvalue weighted by Gasteiger charge is -2.25. The van der Waals surface area contributed by atoms with Crippen LogP contribution in [0.4, 0.5) is 0 Å². The molecule has 14 nitrogen and oxygen atoms in total. The first-order valence-electron chi connectivity index (χ1n) is 14.8. The molecule has 240 valence electrons. The van der Waals surface area contributed by atoms with E-state index in [1.54, 1.807) is 12.4 Å². The van der Waals surface area contributed by atoms with Gasteiger partial charge in [0.05, 0.1) is 18.5 Å². The van der Waals surface area contributed by atoms with Crippen molar-refractivity contribution in [2.45, 2.75) is 56.5 Å². The monoisotopic (exact) mass is 628 g/mol. The number of hydrogen-bond donors (Lipinski definition) is 9. The van der Waals surface area contributed by atoms with E-state index < -0.39 is 54.0 Å². The van der Waals surface area contributed by atoms with Crippen molar-refractivity contribution in [2.24, 2.45) is 5.73 Å². The first-order valence-corrected chi connectivity index (χ1v) is 14.8. The number of benzene rings is 2. The van der Waals surface area contributed by atoms with E-state index in [1.165, 1.54) is 19.4 Å². The fraction of sp³-hybridized carbons (Fsp3) is 0.281. The van der Waals surface area contributed by atoms with Crippen LogP contribution in [0.5, 0.6) is 0 Å². The Morgan fingerprint density at radius 2 is 1.33 bits per heavy atom. The first kappa shape index (κ1) is 31.9. The van der Waals surface area contributed by atoms with E-state index in [-0.39, 0.29) is 19.3 Å². The van der Waals surface area contributed by atoms with Crippen LogP contribution in [0.1, 0.15) is 23.7 Å². The highest BCUT2D eigenvalue weighted by Gasteiger charge is 2.33. The summed E-state index contributed by atoms with van der Waals surface area (Å²) >= 11 is 0. The van der Waals surface area contributed by atoms with Gasteiger partial charge in [0.2, 0.25) is 17.7 Å². The lowest BCUT2D eigenvalue weighted by atomic mass is 10.0. The maximum absolute atomic E-state index is 13.9. The molecule has 46 heavy (non-hydrogen) atoms. The molecule has 0 saturated carbocycles. The summed E-state index contributed by atoms with van der Waals surface area (Å²) < 4.78 is 0. The van der Waals surface area contributed by atoms with Crippen molar-refractivity contribution in [2.75, 3.05) is 0 Å². The van der Waals surface area contributed by atoms with Crippen LogP contribution < -0.4 is 21.7 Å². The van der Waals surface area contributed by atoms with Gasteiger partial charge in [0, 0.05) is 58.9 Å². The van der Waals surface area contributed by atoms with Crippen LogP contribution in [0.2, 0.25) is 0 Å². The number of nitrogens with two attached hydrogens (primary N) is 1. The molecule has 0 saturated heterocycles. The van der Waals surface area contributed by atoms with Crippen LogP contribution >= 0.6 is 0 Å². The first-order chi connectivity index (χ1) is 22.1. The lowest BCUT2D eigenvalue weighted by molar-refractivity contribution is -0.145. The number of carbonyl (C=O) groups excluding carboxylic acids is 3. The third-order valence-corrected chi connectivity index (χ3v) is 7.84. The van der Waals surface area contributed by atoms with Crippen molar-refractivity contribution in [3.05, 3.63) is 90.3 Å². The summed E-state index contributed by atoms with van der Waals surface area (Å²) in [6.07, 6.45) is 5.20. The van der Waals surface area contributed by atoms with Crippen molar-refractivity contribution in [1.29, 1.82) is 0 Å². The Balaban J connectivity index is 1.38. The normalized spacial score (nSPS) is 14.7. The van der Waals surface area contributed by atoms with Crippen LogP contribution in [0.25, 0.3) is 21.8 Å². The van der Waals surface area contributed by atoms with Gasteiger partial charge in [-0.1, -0.05) is 36.4 Å². The predicted molar refractivity (Wildman–Crippen MR) is 169 cm³/mol. The summed E-state index contributed by atoms with van der Waals surface area (Å²) in [6, 6.07) is 10.1. The number of carboxylic acids is 1. The summed E-state index contributed by atoms with van der Waals surface area (Å²) in [6.45, 7) is 1.23.